The van der Waals surface area contributed by atoms with Crippen LogP contribution in [-0.2, 0) is 4.74 Å². The molecule has 77 heavy (non-hydrogen) atoms. The van der Waals surface area contributed by atoms with Gasteiger partial charge < -0.3 is 28.4 Å². The first-order valence-electron chi connectivity index (χ1n) is 26.4. The Morgan fingerprint density at radius 2 is 0.974 bits per heavy atom. The molecule has 0 N–H and O–H groups in total. The normalized spacial score (nSPS) is 13.0. The lowest BCUT2D eigenvalue weighted by Crippen LogP contribution is -2.23. The second-order valence-electron chi connectivity index (χ2n) is 19.8. The average Bonchev–Trinajstić information content (AvgIpc) is 4.21. The van der Waals surface area contributed by atoms with Crippen LogP contribution in [0.2, 0.25) is 0 Å². The number of ether oxygens (including phenoxy) is 2. The fraction of sp³-hybridized carbons (Fsp3) is 0.162. The van der Waals surface area contributed by atoms with E-state index < -0.39 is 5.60 Å². The minimum Gasteiger partial charge on any atom is -0.494 e. The Morgan fingerprint density at radius 1 is 0.532 bits per heavy atom. The van der Waals surface area contributed by atoms with Gasteiger partial charge in [-0.3, -0.25) is 0 Å². The number of hydrogen-bond acceptors (Lipinski definition) is 7. The molecule has 0 saturated carbocycles. The van der Waals surface area contributed by atoms with Gasteiger partial charge in [-0.05, 0) is 148 Å². The molecule has 0 amide bonds. The zero-order valence-corrected chi connectivity index (χ0v) is 43.5. The second kappa shape index (κ2) is 21.6. The van der Waals surface area contributed by atoms with Crippen LogP contribution in [0.25, 0.3) is 61.1 Å². The molecule has 0 radical (unpaired) electrons. The summed E-state index contributed by atoms with van der Waals surface area (Å²) in [7, 11) is 0. The number of allylic oxidation sites excluding steroid dienone is 2. The van der Waals surface area contributed by atoms with Gasteiger partial charge in [0.2, 0.25) is 0 Å². The molecular formula is C68H57N7O2. The maximum absolute atomic E-state index is 9.89. The molecule has 0 atom stereocenters. The van der Waals surface area contributed by atoms with Gasteiger partial charge in [-0.25, -0.2) is 0 Å². The molecule has 0 unspecified atom stereocenters. The molecule has 0 aliphatic carbocycles. The highest BCUT2D eigenvalue weighted by molar-refractivity contribution is 6.10. The van der Waals surface area contributed by atoms with Crippen molar-refractivity contribution < 1.29 is 9.47 Å². The lowest BCUT2D eigenvalue weighted by Gasteiger charge is -2.26. The summed E-state index contributed by atoms with van der Waals surface area (Å²) in [5, 5.41) is 33.7. The smallest absolute Gasteiger partial charge is 0.172 e. The number of nitrogens with zero attached hydrogens (tertiary/aromatic N) is 7. The maximum atomic E-state index is 9.89. The summed E-state index contributed by atoms with van der Waals surface area (Å²) in [6.45, 7) is 8.33. The van der Waals surface area contributed by atoms with Gasteiger partial charge in [0.15, 0.2) is 11.3 Å². The molecule has 3 heterocycles. The highest BCUT2D eigenvalue weighted by Crippen LogP contribution is 2.42. The SMILES string of the molecule is CCN(CCCCCCOc1ccc(N(c2ccc(-n3c4ccccc4c4ccccc43)cc2)c2ccc(-n3c4ccccc4c4ccccc43)cc2)cc1)c1ccc(C=CC2=C(C#N)C(=C(C#N)C#N)OC2(C)C)cc1. The zero-order chi connectivity index (χ0) is 52.9. The van der Waals surface area contributed by atoms with Crippen molar-refractivity contribution in [3.05, 3.63) is 228 Å². The van der Waals surface area contributed by atoms with Crippen LogP contribution in [0, 0.1) is 34.0 Å². The predicted molar refractivity (Wildman–Crippen MR) is 313 cm³/mol. The van der Waals surface area contributed by atoms with Crippen LogP contribution < -0.4 is 14.5 Å². The van der Waals surface area contributed by atoms with Gasteiger partial charge in [0.1, 0.15) is 35.1 Å². The number of fused-ring (bicyclic) bond motifs is 6. The number of anilines is 4. The average molecular weight is 1000 g/mol. The molecule has 9 nitrogen and oxygen atoms in total. The number of unbranched alkanes of at least 4 members (excludes halogenated alkanes) is 3. The van der Waals surface area contributed by atoms with Gasteiger partial charge >= 0.3 is 0 Å². The summed E-state index contributed by atoms with van der Waals surface area (Å²) in [6.07, 6.45) is 8.00. The van der Waals surface area contributed by atoms with Crippen molar-refractivity contribution in [2.75, 3.05) is 29.5 Å². The van der Waals surface area contributed by atoms with Crippen molar-refractivity contribution >= 4 is 72.4 Å². The molecule has 11 rings (SSSR count). The molecule has 8 aromatic carbocycles. The Bertz CT molecular complexity index is 3740. The van der Waals surface area contributed by atoms with Crippen LogP contribution >= 0.6 is 0 Å². The Kier molecular flexibility index (Phi) is 13.9. The van der Waals surface area contributed by atoms with E-state index in [-0.39, 0.29) is 16.9 Å². The van der Waals surface area contributed by atoms with E-state index in [4.69, 9.17) is 9.47 Å². The minimum absolute atomic E-state index is 0.0441. The second-order valence-corrected chi connectivity index (χ2v) is 19.8. The summed E-state index contributed by atoms with van der Waals surface area (Å²) >= 11 is 0. The molecule has 0 spiro atoms. The third-order valence-electron chi connectivity index (χ3n) is 14.7. The van der Waals surface area contributed by atoms with Gasteiger partial charge in [-0.2, -0.15) is 15.8 Å². The third kappa shape index (κ3) is 9.66. The van der Waals surface area contributed by atoms with E-state index >= 15 is 0 Å². The molecule has 1 aliphatic heterocycles. The van der Waals surface area contributed by atoms with Crippen LogP contribution in [0.5, 0.6) is 5.75 Å². The van der Waals surface area contributed by atoms with Gasteiger partial charge in [0.25, 0.3) is 0 Å². The topological polar surface area (TPSA) is 106 Å². The maximum Gasteiger partial charge on any atom is 0.172 e. The predicted octanol–water partition coefficient (Wildman–Crippen LogP) is 16.8. The monoisotopic (exact) mass is 1000 g/mol. The van der Waals surface area contributed by atoms with Crippen molar-refractivity contribution in [2.45, 2.75) is 52.1 Å². The number of aromatic nitrogens is 2. The van der Waals surface area contributed by atoms with Crippen LogP contribution in [-0.4, -0.2) is 34.4 Å². The number of para-hydroxylation sites is 4. The standard InChI is InChI=1S/C68H57N7O2/c1-4-72(50-28-25-48(26-29-50)27-42-62-61(47-71)67(49(45-69)46-70)77-68(62,2)3)43-15-5-6-16-44-76-56-40-38-53(39-41-56)73(51-30-34-54(35-31-51)74-63-21-11-7-17-57(63)58-18-8-12-22-64(58)74)52-32-36-55(37-33-52)75-65-23-13-9-19-59(65)60-20-10-14-24-66(60)75/h7-14,17-42H,4-6,15-16,43-44H2,1-3H3. The van der Waals surface area contributed by atoms with Gasteiger partial charge in [-0.1, -0.05) is 110 Å². The highest BCUT2D eigenvalue weighted by Gasteiger charge is 2.38. The van der Waals surface area contributed by atoms with Crippen molar-refractivity contribution in [2.24, 2.45) is 0 Å². The van der Waals surface area contributed by atoms with Gasteiger partial charge in [0.05, 0.1) is 28.7 Å². The number of rotatable bonds is 17. The molecule has 2 aromatic heterocycles. The third-order valence-corrected chi connectivity index (χ3v) is 14.7. The zero-order valence-electron chi connectivity index (χ0n) is 43.5. The summed E-state index contributed by atoms with van der Waals surface area (Å²) in [4.78, 5) is 4.71. The van der Waals surface area contributed by atoms with Gasteiger partial charge in [0, 0.05) is 74.3 Å². The lowest BCUT2D eigenvalue weighted by atomic mass is 9.94. The fourth-order valence-electron chi connectivity index (χ4n) is 10.9. The first-order valence-corrected chi connectivity index (χ1v) is 26.4. The molecular weight excluding hydrogens is 947 g/mol. The van der Waals surface area contributed by atoms with E-state index in [0.717, 1.165) is 84.2 Å². The van der Waals surface area contributed by atoms with Crippen molar-refractivity contribution in [1.29, 1.82) is 15.8 Å². The van der Waals surface area contributed by atoms with E-state index in [1.165, 1.54) is 43.6 Å². The molecule has 0 fully saturated rings. The number of hydrogen-bond donors (Lipinski definition) is 0. The Morgan fingerprint density at radius 3 is 1.43 bits per heavy atom. The van der Waals surface area contributed by atoms with E-state index in [1.54, 1.807) is 0 Å². The largest absolute Gasteiger partial charge is 0.494 e. The number of nitriles is 3. The Labute approximate surface area is 449 Å². The van der Waals surface area contributed by atoms with Crippen molar-refractivity contribution in [3.8, 4) is 35.3 Å². The van der Waals surface area contributed by atoms with E-state index in [9.17, 15) is 15.8 Å². The molecule has 376 valence electrons. The summed E-state index contributed by atoms with van der Waals surface area (Å²) in [6, 6.07) is 75.0. The number of benzene rings is 8. The van der Waals surface area contributed by atoms with E-state index in [2.05, 4.69) is 226 Å². The first kappa shape index (κ1) is 49.5. The Hall–Kier alpha value is -9.75. The molecule has 9 heteroatoms. The molecule has 0 saturated heterocycles. The van der Waals surface area contributed by atoms with Gasteiger partial charge in [-0.15, -0.1) is 0 Å². The minimum atomic E-state index is -0.853. The molecule has 1 aliphatic rings. The fourth-order valence-corrected chi connectivity index (χ4v) is 10.9. The van der Waals surface area contributed by atoms with Crippen LogP contribution in [0.1, 0.15) is 52.0 Å². The van der Waals surface area contributed by atoms with E-state index in [0.29, 0.717) is 12.2 Å². The van der Waals surface area contributed by atoms with Crippen LogP contribution in [0.3, 0.4) is 0 Å². The van der Waals surface area contributed by atoms with E-state index in [1.807, 2.05) is 38.1 Å². The van der Waals surface area contributed by atoms with Crippen molar-refractivity contribution in [1.82, 2.24) is 9.13 Å². The molecule has 10 aromatic rings. The summed E-state index contributed by atoms with van der Waals surface area (Å²) in [5.41, 5.74) is 12.0. The molecule has 0 bridgehead atoms. The van der Waals surface area contributed by atoms with Crippen molar-refractivity contribution in [3.63, 3.8) is 0 Å². The van der Waals surface area contributed by atoms with Crippen LogP contribution in [0.15, 0.2) is 223 Å². The Balaban J connectivity index is 0.750. The van der Waals surface area contributed by atoms with Crippen LogP contribution in [0.4, 0.5) is 22.7 Å². The quantitative estimate of drug-likeness (QED) is 0.0660. The summed E-state index contributed by atoms with van der Waals surface area (Å²) in [5.74, 6) is 0.895. The summed E-state index contributed by atoms with van der Waals surface area (Å²) < 4.78 is 17.0. The first-order chi connectivity index (χ1) is 37.8. The highest BCUT2D eigenvalue weighted by atomic mass is 16.5. The lowest BCUT2D eigenvalue weighted by molar-refractivity contribution is 0.0954.